The highest BCUT2D eigenvalue weighted by Crippen LogP contribution is 2.25. The molecule has 1 unspecified atom stereocenters. The molecule has 0 spiro atoms. The molecule has 2 nitrogen and oxygen atoms in total. The highest BCUT2D eigenvalue weighted by molar-refractivity contribution is 9.10. The summed E-state index contributed by atoms with van der Waals surface area (Å²) in [5.74, 6) is -0.0303. The first kappa shape index (κ1) is 16.0. The predicted molar refractivity (Wildman–Crippen MR) is 86.8 cm³/mol. The fourth-order valence-electron chi connectivity index (χ4n) is 2.04. The lowest BCUT2D eigenvalue weighted by atomic mass is 10.0. The second-order valence-corrected chi connectivity index (χ2v) is 5.93. The van der Waals surface area contributed by atoms with E-state index in [2.05, 4.69) is 15.9 Å². The largest absolute Gasteiger partial charge is 0.486 e. The van der Waals surface area contributed by atoms with Crippen LogP contribution in [0.3, 0.4) is 0 Å². The molecule has 0 aliphatic carbocycles. The molecule has 2 rings (SSSR count). The van der Waals surface area contributed by atoms with Crippen LogP contribution in [0.4, 0.5) is 4.39 Å². The van der Waals surface area contributed by atoms with E-state index in [1.54, 1.807) is 6.07 Å². The van der Waals surface area contributed by atoms with Crippen LogP contribution < -0.4 is 10.5 Å². The number of halogens is 2. The van der Waals surface area contributed by atoms with E-state index < -0.39 is 0 Å². The minimum absolute atomic E-state index is 0.0156. The summed E-state index contributed by atoms with van der Waals surface area (Å²) in [5.41, 5.74) is 7.78. The molecule has 0 aliphatic rings. The van der Waals surface area contributed by atoms with E-state index in [4.69, 9.17) is 10.5 Å². The Morgan fingerprint density at radius 1 is 1.19 bits per heavy atom. The highest BCUT2D eigenvalue weighted by Gasteiger charge is 2.12. The van der Waals surface area contributed by atoms with Gasteiger partial charge in [0.05, 0.1) is 0 Å². The zero-order valence-corrected chi connectivity index (χ0v) is 13.6. The topological polar surface area (TPSA) is 35.2 Å². The van der Waals surface area contributed by atoms with Gasteiger partial charge in [-0.2, -0.15) is 0 Å². The van der Waals surface area contributed by atoms with Gasteiger partial charge in [0, 0.05) is 10.5 Å². The minimum atomic E-state index is -0.340. The Kier molecular flexibility index (Phi) is 5.76. The molecule has 1 atom stereocenters. The van der Waals surface area contributed by atoms with Gasteiger partial charge in [-0.25, -0.2) is 4.39 Å². The molecule has 0 amide bonds. The molecule has 0 heterocycles. The monoisotopic (exact) mass is 351 g/mol. The molecule has 0 saturated carbocycles. The fourth-order valence-corrected chi connectivity index (χ4v) is 2.30. The quantitative estimate of drug-likeness (QED) is 0.834. The number of hydrogen-bond donors (Lipinski definition) is 1. The first-order chi connectivity index (χ1) is 10.1. The smallest absolute Gasteiger partial charge is 0.165 e. The van der Waals surface area contributed by atoms with E-state index >= 15 is 0 Å². The van der Waals surface area contributed by atoms with Gasteiger partial charge >= 0.3 is 0 Å². The summed E-state index contributed by atoms with van der Waals surface area (Å²) in [6.45, 7) is 2.36. The van der Waals surface area contributed by atoms with Crippen LogP contribution in [0.5, 0.6) is 5.75 Å². The molecular weight excluding hydrogens is 333 g/mol. The molecular formula is C17H19BrFNO. The first-order valence-electron chi connectivity index (χ1n) is 7.00. The molecule has 0 aromatic heterocycles. The van der Waals surface area contributed by atoms with Crippen molar-refractivity contribution in [3.63, 3.8) is 0 Å². The summed E-state index contributed by atoms with van der Waals surface area (Å²) in [5, 5.41) is 0. The van der Waals surface area contributed by atoms with Crippen molar-refractivity contribution < 1.29 is 9.13 Å². The molecule has 4 heteroatoms. The molecule has 0 bridgehead atoms. The SMILES string of the molecule is CCC(N)Cc1cccc(F)c1OCc1ccc(Br)cc1. The van der Waals surface area contributed by atoms with Gasteiger partial charge in [-0.05, 0) is 42.2 Å². The third-order valence-electron chi connectivity index (χ3n) is 3.35. The Morgan fingerprint density at radius 2 is 1.90 bits per heavy atom. The lowest BCUT2D eigenvalue weighted by molar-refractivity contribution is 0.286. The molecule has 2 N–H and O–H groups in total. The van der Waals surface area contributed by atoms with Crippen molar-refractivity contribution in [3.05, 3.63) is 63.9 Å². The standard InChI is InChI=1S/C17H19BrFNO/c1-2-15(20)10-13-4-3-5-16(19)17(13)21-11-12-6-8-14(18)9-7-12/h3-9,15H,2,10-11,20H2,1H3. The van der Waals surface area contributed by atoms with Crippen LogP contribution >= 0.6 is 15.9 Å². The molecule has 2 aromatic carbocycles. The minimum Gasteiger partial charge on any atom is -0.486 e. The van der Waals surface area contributed by atoms with E-state index in [-0.39, 0.29) is 11.9 Å². The summed E-state index contributed by atoms with van der Waals surface area (Å²) in [6.07, 6.45) is 1.46. The van der Waals surface area contributed by atoms with Gasteiger partial charge in [-0.15, -0.1) is 0 Å². The van der Waals surface area contributed by atoms with Crippen LogP contribution in [0.1, 0.15) is 24.5 Å². The van der Waals surface area contributed by atoms with E-state index in [1.165, 1.54) is 6.07 Å². The average molecular weight is 352 g/mol. The van der Waals surface area contributed by atoms with Crippen molar-refractivity contribution in [2.45, 2.75) is 32.4 Å². The average Bonchev–Trinajstić information content (AvgIpc) is 2.48. The van der Waals surface area contributed by atoms with E-state index in [9.17, 15) is 4.39 Å². The van der Waals surface area contributed by atoms with E-state index in [0.717, 1.165) is 22.0 Å². The van der Waals surface area contributed by atoms with Crippen LogP contribution in [-0.4, -0.2) is 6.04 Å². The van der Waals surface area contributed by atoms with Crippen LogP contribution in [0.2, 0.25) is 0 Å². The molecule has 0 fully saturated rings. The summed E-state index contributed by atoms with van der Waals surface area (Å²) in [6, 6.07) is 12.8. The number of ether oxygens (including phenoxy) is 1. The van der Waals surface area contributed by atoms with Gasteiger partial charge in [0.25, 0.3) is 0 Å². The van der Waals surface area contributed by atoms with E-state index in [1.807, 2.05) is 37.3 Å². The molecule has 0 saturated heterocycles. The predicted octanol–water partition coefficient (Wildman–Crippen LogP) is 4.45. The molecule has 0 radical (unpaired) electrons. The van der Waals surface area contributed by atoms with Gasteiger partial charge in [0.2, 0.25) is 0 Å². The third-order valence-corrected chi connectivity index (χ3v) is 3.88. The van der Waals surface area contributed by atoms with Gasteiger partial charge in [0.1, 0.15) is 6.61 Å². The molecule has 2 aromatic rings. The van der Waals surface area contributed by atoms with Crippen molar-refractivity contribution in [1.82, 2.24) is 0 Å². The first-order valence-corrected chi connectivity index (χ1v) is 7.79. The Morgan fingerprint density at radius 3 is 2.57 bits per heavy atom. The lowest BCUT2D eigenvalue weighted by Gasteiger charge is -2.15. The van der Waals surface area contributed by atoms with Crippen molar-refractivity contribution in [2.24, 2.45) is 5.73 Å². The fraction of sp³-hybridized carbons (Fsp3) is 0.294. The van der Waals surface area contributed by atoms with Crippen molar-refractivity contribution in [2.75, 3.05) is 0 Å². The number of nitrogens with two attached hydrogens (primary N) is 1. The third kappa shape index (κ3) is 4.55. The van der Waals surface area contributed by atoms with Gasteiger partial charge in [-0.1, -0.05) is 47.1 Å². The summed E-state index contributed by atoms with van der Waals surface area (Å²) >= 11 is 3.39. The van der Waals surface area contributed by atoms with Gasteiger partial charge in [0.15, 0.2) is 11.6 Å². The number of para-hydroxylation sites is 1. The number of hydrogen-bond acceptors (Lipinski definition) is 2. The van der Waals surface area contributed by atoms with Crippen LogP contribution in [-0.2, 0) is 13.0 Å². The number of benzene rings is 2. The molecule has 112 valence electrons. The molecule has 21 heavy (non-hydrogen) atoms. The number of rotatable bonds is 6. The zero-order chi connectivity index (χ0) is 15.2. The Bertz CT molecular complexity index is 586. The van der Waals surface area contributed by atoms with Crippen molar-refractivity contribution >= 4 is 15.9 Å². The second kappa shape index (κ2) is 7.57. The maximum absolute atomic E-state index is 14.0. The normalized spacial score (nSPS) is 12.2. The van der Waals surface area contributed by atoms with E-state index in [0.29, 0.717) is 18.8 Å². The van der Waals surface area contributed by atoms with Crippen molar-refractivity contribution in [3.8, 4) is 5.75 Å². The Hall–Kier alpha value is -1.39. The highest BCUT2D eigenvalue weighted by atomic mass is 79.9. The Balaban J connectivity index is 2.12. The summed E-state index contributed by atoms with van der Waals surface area (Å²) < 4.78 is 20.7. The van der Waals surface area contributed by atoms with Gasteiger partial charge in [-0.3, -0.25) is 0 Å². The summed E-state index contributed by atoms with van der Waals surface area (Å²) in [4.78, 5) is 0. The van der Waals surface area contributed by atoms with Crippen LogP contribution in [0, 0.1) is 5.82 Å². The Labute approximate surface area is 133 Å². The zero-order valence-electron chi connectivity index (χ0n) is 12.0. The van der Waals surface area contributed by atoms with Gasteiger partial charge < -0.3 is 10.5 Å². The second-order valence-electron chi connectivity index (χ2n) is 5.02. The maximum atomic E-state index is 14.0. The maximum Gasteiger partial charge on any atom is 0.165 e. The summed E-state index contributed by atoms with van der Waals surface area (Å²) in [7, 11) is 0. The van der Waals surface area contributed by atoms with Crippen LogP contribution in [0.15, 0.2) is 46.9 Å². The van der Waals surface area contributed by atoms with Crippen LogP contribution in [0.25, 0.3) is 0 Å². The molecule has 0 aliphatic heterocycles. The van der Waals surface area contributed by atoms with Crippen molar-refractivity contribution in [1.29, 1.82) is 0 Å². The lowest BCUT2D eigenvalue weighted by Crippen LogP contribution is -2.22.